The van der Waals surface area contributed by atoms with Crippen LogP contribution in [0.5, 0.6) is 0 Å². The zero-order valence-electron chi connectivity index (χ0n) is 17.1. The van der Waals surface area contributed by atoms with Gasteiger partial charge in [-0.1, -0.05) is 70.4 Å². The molecule has 0 radical (unpaired) electrons. The summed E-state index contributed by atoms with van der Waals surface area (Å²) in [7, 11) is 4.43. The molecule has 0 spiro atoms. The number of hydrogen-bond donors (Lipinski definition) is 1. The zero-order chi connectivity index (χ0) is 17.9. The van der Waals surface area contributed by atoms with Crippen molar-refractivity contribution >= 4 is 0 Å². The molecule has 0 atom stereocenters. The molecule has 24 heavy (non-hydrogen) atoms. The van der Waals surface area contributed by atoms with Crippen molar-refractivity contribution in [3.8, 4) is 0 Å². The summed E-state index contributed by atoms with van der Waals surface area (Å²) in [6.45, 7) is 4.66. The Morgan fingerprint density at radius 2 is 1.08 bits per heavy atom. The van der Waals surface area contributed by atoms with Crippen molar-refractivity contribution in [1.29, 1.82) is 0 Å². The summed E-state index contributed by atoms with van der Waals surface area (Å²) in [5.41, 5.74) is 0. The van der Waals surface area contributed by atoms with Crippen molar-refractivity contribution < 1.29 is 9.59 Å². The Bertz CT molecular complexity index is 273. The summed E-state index contributed by atoms with van der Waals surface area (Å²) >= 11 is 0. The molecule has 144 valence electrons. The van der Waals surface area contributed by atoms with Crippen LogP contribution in [0.25, 0.3) is 0 Å². The van der Waals surface area contributed by atoms with E-state index < -0.39 is 0 Å². The van der Waals surface area contributed by atoms with Crippen LogP contribution >= 0.6 is 0 Å². The molecule has 0 heterocycles. The zero-order valence-corrected chi connectivity index (χ0v) is 17.1. The average molecular weight is 341 g/mol. The summed E-state index contributed by atoms with van der Waals surface area (Å²) in [5, 5.41) is 9.02. The quantitative estimate of drug-likeness (QED) is 0.182. The molecule has 0 amide bonds. The summed E-state index contributed by atoms with van der Waals surface area (Å²) in [5.74, 6) is 0. The molecule has 2 nitrogen and oxygen atoms in total. The van der Waals surface area contributed by atoms with Crippen molar-refractivity contribution in [2.24, 2.45) is 0 Å². The van der Waals surface area contributed by atoms with Crippen LogP contribution in [-0.2, 0) is 0 Å². The van der Waals surface area contributed by atoms with E-state index in [1.807, 2.05) is 0 Å². The Kier molecular flexibility index (Phi) is 17.2. The number of quaternary nitrogens is 1. The van der Waals surface area contributed by atoms with E-state index in [4.69, 9.17) is 5.11 Å². The van der Waals surface area contributed by atoms with Gasteiger partial charge in [-0.3, -0.25) is 0 Å². The molecule has 0 aliphatic rings. The van der Waals surface area contributed by atoms with E-state index in [1.165, 1.54) is 96.4 Å². The van der Waals surface area contributed by atoms with Gasteiger partial charge in [-0.25, -0.2) is 0 Å². The number of likely N-dealkylation sites (N-methyl/N-ethyl adjacent to an activating group) is 1. The predicted octanol–water partition coefficient (Wildman–Crippen LogP) is 6.09. The van der Waals surface area contributed by atoms with Crippen LogP contribution in [0.3, 0.4) is 0 Å². The molecule has 0 aliphatic heterocycles. The molecular formula is C22H46NO+. The maximum Gasteiger partial charge on any atom is 0.102 e. The van der Waals surface area contributed by atoms with Crippen LogP contribution in [-0.4, -0.2) is 43.4 Å². The minimum atomic E-state index is 0.305. The van der Waals surface area contributed by atoms with Crippen molar-refractivity contribution in [3.05, 3.63) is 12.2 Å². The third-order valence-electron chi connectivity index (χ3n) is 4.98. The molecule has 0 aromatic heterocycles. The van der Waals surface area contributed by atoms with Gasteiger partial charge in [0, 0.05) is 0 Å². The summed E-state index contributed by atoms with van der Waals surface area (Å²) < 4.78 is 0.958. The van der Waals surface area contributed by atoms with Crippen LogP contribution < -0.4 is 0 Å². The molecule has 2 heteroatoms. The van der Waals surface area contributed by atoms with Crippen molar-refractivity contribution in [3.63, 3.8) is 0 Å². The first kappa shape index (κ1) is 23.7. The second-order valence-electron chi connectivity index (χ2n) is 8.04. The topological polar surface area (TPSA) is 20.2 Å². The lowest BCUT2D eigenvalue weighted by Gasteiger charge is -2.28. The molecule has 1 N–H and O–H groups in total. The largest absolute Gasteiger partial charge is 0.391 e. The lowest BCUT2D eigenvalue weighted by molar-refractivity contribution is -0.890. The van der Waals surface area contributed by atoms with Crippen molar-refractivity contribution in [2.75, 3.05) is 33.8 Å². The first-order valence-electron chi connectivity index (χ1n) is 10.7. The van der Waals surface area contributed by atoms with Crippen molar-refractivity contribution in [1.82, 2.24) is 0 Å². The maximum absolute atomic E-state index is 9.02. The molecule has 0 aromatic rings. The molecule has 0 rings (SSSR count). The smallest absolute Gasteiger partial charge is 0.102 e. The van der Waals surface area contributed by atoms with E-state index in [2.05, 4.69) is 33.2 Å². The molecule has 0 bridgehead atoms. The van der Waals surface area contributed by atoms with Crippen LogP contribution in [0.15, 0.2) is 12.2 Å². The van der Waals surface area contributed by atoms with E-state index in [1.54, 1.807) is 0 Å². The number of nitrogens with zero attached hydrogens (tertiary/aromatic N) is 1. The Morgan fingerprint density at radius 3 is 1.58 bits per heavy atom. The van der Waals surface area contributed by atoms with Gasteiger partial charge in [0.15, 0.2) is 0 Å². The highest BCUT2D eigenvalue weighted by Gasteiger charge is 2.12. The molecule has 0 fully saturated rings. The van der Waals surface area contributed by atoms with Crippen LogP contribution in [0.2, 0.25) is 0 Å². The fourth-order valence-electron chi connectivity index (χ4n) is 3.17. The highest BCUT2D eigenvalue weighted by molar-refractivity contribution is 4.81. The minimum absolute atomic E-state index is 0.305. The van der Waals surface area contributed by atoms with Crippen LogP contribution in [0.1, 0.15) is 96.8 Å². The van der Waals surface area contributed by atoms with Gasteiger partial charge >= 0.3 is 0 Å². The molecule has 0 saturated heterocycles. The van der Waals surface area contributed by atoms with Gasteiger partial charge in [0.2, 0.25) is 0 Å². The summed E-state index contributed by atoms with van der Waals surface area (Å²) in [6, 6.07) is 0. The van der Waals surface area contributed by atoms with E-state index >= 15 is 0 Å². The Balaban J connectivity index is 3.21. The number of rotatable bonds is 18. The van der Waals surface area contributed by atoms with Gasteiger partial charge in [0.05, 0.1) is 27.2 Å². The Labute approximate surface area is 152 Å². The van der Waals surface area contributed by atoms with Gasteiger partial charge in [-0.05, 0) is 38.5 Å². The molecular weight excluding hydrogens is 294 g/mol. The summed E-state index contributed by atoms with van der Waals surface area (Å²) in [4.78, 5) is 0. The highest BCUT2D eigenvalue weighted by atomic mass is 16.3. The second kappa shape index (κ2) is 17.5. The second-order valence-corrected chi connectivity index (χ2v) is 8.04. The number of aliphatic hydroxyl groups is 1. The van der Waals surface area contributed by atoms with E-state index in [9.17, 15) is 0 Å². The number of aliphatic hydroxyl groups excluding tert-OH is 1. The normalized spacial score (nSPS) is 12.3. The van der Waals surface area contributed by atoms with Crippen LogP contribution in [0.4, 0.5) is 0 Å². The van der Waals surface area contributed by atoms with Gasteiger partial charge in [-0.15, -0.1) is 0 Å². The third kappa shape index (κ3) is 18.0. The lowest BCUT2D eigenvalue weighted by atomic mass is 10.1. The van der Waals surface area contributed by atoms with Crippen molar-refractivity contribution in [2.45, 2.75) is 96.8 Å². The number of allylic oxidation sites excluding steroid dienone is 2. The van der Waals surface area contributed by atoms with Gasteiger partial charge in [-0.2, -0.15) is 0 Å². The Morgan fingerprint density at radius 1 is 0.625 bits per heavy atom. The first-order chi connectivity index (χ1) is 11.6. The average Bonchev–Trinajstić information content (AvgIpc) is 2.54. The van der Waals surface area contributed by atoms with E-state index in [0.29, 0.717) is 6.61 Å². The molecule has 0 aromatic carbocycles. The van der Waals surface area contributed by atoms with Crippen LogP contribution in [0, 0.1) is 0 Å². The molecule has 0 aliphatic carbocycles. The molecule has 0 saturated carbocycles. The number of hydrogen-bond acceptors (Lipinski definition) is 1. The van der Waals surface area contributed by atoms with E-state index in [0.717, 1.165) is 11.0 Å². The summed E-state index contributed by atoms with van der Waals surface area (Å²) in [6.07, 6.45) is 23.9. The SMILES string of the molecule is CCCCCCCC/C=C\CCCCCCCC[N+](C)(C)CCO. The standard InChI is InChI=1S/C22H46NO/c1-4-5-6-7-8-9-10-11-12-13-14-15-16-17-18-19-20-23(2,3)21-22-24/h11-12,24H,4-10,13-22H2,1-3H3/q+1/b12-11-. The third-order valence-corrected chi connectivity index (χ3v) is 4.98. The fraction of sp³-hybridized carbons (Fsp3) is 0.909. The van der Waals surface area contributed by atoms with E-state index in [-0.39, 0.29) is 0 Å². The van der Waals surface area contributed by atoms with Gasteiger partial charge in [0.25, 0.3) is 0 Å². The lowest BCUT2D eigenvalue weighted by Crippen LogP contribution is -2.42. The fourth-order valence-corrected chi connectivity index (χ4v) is 3.17. The predicted molar refractivity (Wildman–Crippen MR) is 108 cm³/mol. The molecule has 0 unspecified atom stereocenters. The highest BCUT2D eigenvalue weighted by Crippen LogP contribution is 2.11. The monoisotopic (exact) mass is 340 g/mol. The number of unbranched alkanes of at least 4 members (excludes halogenated alkanes) is 12. The Hall–Kier alpha value is -0.340. The van der Waals surface area contributed by atoms with Gasteiger partial charge in [0.1, 0.15) is 6.54 Å². The first-order valence-corrected chi connectivity index (χ1v) is 10.7. The minimum Gasteiger partial charge on any atom is -0.391 e. The van der Waals surface area contributed by atoms with Gasteiger partial charge < -0.3 is 9.59 Å². The maximum atomic E-state index is 9.02.